The molecule has 0 aliphatic heterocycles. The van der Waals surface area contributed by atoms with Crippen molar-refractivity contribution >= 4 is 62.1 Å². The molecule has 0 fully saturated rings. The SMILES string of the molecule is Cc1ccc(-c2[o+]c(-c3ccc(C)cc3)c(-c3ccccc3)c(-c3ccccc3)c2-c2ccccc2)cc1.[Cl][Sb-]([Cl])([Cl])([Cl])([Cl])[Cl]. The van der Waals surface area contributed by atoms with Crippen molar-refractivity contribution in [3.05, 3.63) is 151 Å². The summed E-state index contributed by atoms with van der Waals surface area (Å²) in [6.07, 6.45) is 0. The Labute approximate surface area is 284 Å². The summed E-state index contributed by atoms with van der Waals surface area (Å²) in [4.78, 5) is 0. The molecule has 5 aromatic carbocycles. The zero-order chi connectivity index (χ0) is 32.3. The van der Waals surface area contributed by atoms with E-state index in [9.17, 15) is 0 Å². The molecule has 1 aromatic heterocycles. The van der Waals surface area contributed by atoms with Gasteiger partial charge in [0.25, 0.3) is 0 Å². The summed E-state index contributed by atoms with van der Waals surface area (Å²) in [5.74, 6) is 1.73. The van der Waals surface area contributed by atoms with Gasteiger partial charge in [-0.25, -0.2) is 4.42 Å². The molecule has 8 heteroatoms. The van der Waals surface area contributed by atoms with Crippen molar-refractivity contribution in [2.24, 2.45) is 0 Å². The molecule has 6 aromatic rings. The van der Waals surface area contributed by atoms with Gasteiger partial charge in [-0.3, -0.25) is 0 Å². The summed E-state index contributed by atoms with van der Waals surface area (Å²) < 4.78 is 7.06. The molecule has 0 N–H and O–H groups in total. The Balaban J connectivity index is 0.000000515. The van der Waals surface area contributed by atoms with E-state index in [1.807, 2.05) is 0 Å². The summed E-state index contributed by atoms with van der Waals surface area (Å²) in [6, 6.07) is 49.2. The van der Waals surface area contributed by atoms with Crippen LogP contribution in [0.2, 0.25) is 0 Å². The van der Waals surface area contributed by atoms with Crippen molar-refractivity contribution < 1.29 is 4.42 Å². The number of aryl methyl sites for hydroxylation is 2. The van der Waals surface area contributed by atoms with E-state index in [2.05, 4.69) is 153 Å². The maximum atomic E-state index is 7.06. The third-order valence-electron chi connectivity index (χ3n) is 6.97. The topological polar surface area (TPSA) is 11.3 Å². The number of rotatable bonds is 5. The quantitative estimate of drug-likeness (QED) is 0.125. The molecule has 0 radical (unpaired) electrons. The average Bonchev–Trinajstić information content (AvgIpc) is 3.01. The van der Waals surface area contributed by atoms with E-state index in [0.717, 1.165) is 50.5 Å². The molecule has 0 unspecified atom stereocenters. The van der Waals surface area contributed by atoms with E-state index in [1.54, 1.807) is 0 Å². The van der Waals surface area contributed by atoms with E-state index in [0.29, 0.717) is 0 Å². The van der Waals surface area contributed by atoms with Gasteiger partial charge in [-0.15, -0.1) is 0 Å². The van der Waals surface area contributed by atoms with Gasteiger partial charge in [-0.05, 0) is 54.8 Å². The molecule has 0 amide bonds. The van der Waals surface area contributed by atoms with E-state index < -0.39 is 9.14 Å². The molecule has 0 aliphatic carbocycles. The van der Waals surface area contributed by atoms with Crippen LogP contribution in [0.25, 0.3) is 56.0 Å². The zero-order valence-corrected chi connectivity index (χ0v) is 31.5. The first-order valence-electron chi connectivity index (χ1n) is 14.0. The first-order valence-corrected chi connectivity index (χ1v) is 33.4. The molecule has 230 valence electrons. The Morgan fingerprint density at radius 3 is 0.911 bits per heavy atom. The summed E-state index contributed by atoms with van der Waals surface area (Å²) in [5, 5.41) is 0. The molecule has 1 heterocycles. The van der Waals surface area contributed by atoms with Gasteiger partial charge in [0.15, 0.2) is 0 Å². The molecule has 0 spiro atoms. The number of hydrogen-bond acceptors (Lipinski definition) is 0. The molecule has 0 saturated carbocycles. The van der Waals surface area contributed by atoms with Crippen LogP contribution in [0.5, 0.6) is 0 Å². The van der Waals surface area contributed by atoms with Crippen molar-refractivity contribution in [1.29, 1.82) is 0 Å². The van der Waals surface area contributed by atoms with Crippen LogP contribution in [0.3, 0.4) is 0 Å². The molecule has 0 bridgehead atoms. The van der Waals surface area contributed by atoms with E-state index >= 15 is 0 Å². The Morgan fingerprint density at radius 1 is 0.356 bits per heavy atom. The standard InChI is InChI=1S/C37H29O.6ClH.Sb/c1-26-18-22-31(23-19-26)36-34(29-14-8-4-9-15-29)33(28-12-6-3-7-13-28)35(30-16-10-5-11-17-30)37(38-36)32-24-20-27(2)21-25-32;;;;;;;/h3-25H,1-2H3;6*1H;/q+1;;;;;;;+5/p-6. The van der Waals surface area contributed by atoms with Gasteiger partial charge in [0.1, 0.15) is 0 Å². The number of halogens is 6. The monoisotopic (exact) mass is 820 g/mol. The number of hydrogen-bond donors (Lipinski definition) is 0. The zero-order valence-electron chi connectivity index (χ0n) is 24.4. The predicted molar refractivity (Wildman–Crippen MR) is 201 cm³/mol. The third kappa shape index (κ3) is 9.90. The van der Waals surface area contributed by atoms with Crippen LogP contribution in [0.15, 0.2) is 144 Å². The van der Waals surface area contributed by atoms with E-state index in [4.69, 9.17) is 57.4 Å². The van der Waals surface area contributed by atoms with Crippen LogP contribution in [-0.2, 0) is 0 Å². The van der Waals surface area contributed by atoms with E-state index in [1.165, 1.54) is 16.7 Å². The van der Waals surface area contributed by atoms with Crippen molar-refractivity contribution in [3.63, 3.8) is 0 Å². The van der Waals surface area contributed by atoms with Gasteiger partial charge in [-0.1, -0.05) is 126 Å². The molecule has 0 atom stereocenters. The van der Waals surface area contributed by atoms with Crippen molar-refractivity contribution in [1.82, 2.24) is 0 Å². The normalized spacial score (nSPS) is 12.8. The predicted octanol–water partition coefficient (Wildman–Crippen LogP) is 14.3. The van der Waals surface area contributed by atoms with Gasteiger partial charge < -0.3 is 0 Å². The second kappa shape index (κ2) is 13.1. The summed E-state index contributed by atoms with van der Waals surface area (Å²) in [7, 11) is 25.0. The van der Waals surface area contributed by atoms with Crippen LogP contribution in [0, 0.1) is 13.8 Å². The molecular weight excluding hydrogens is 795 g/mol. The average molecular weight is 824 g/mol. The fraction of sp³-hybridized carbons (Fsp3) is 0.0541. The van der Waals surface area contributed by atoms with Crippen molar-refractivity contribution in [3.8, 4) is 56.0 Å². The summed E-state index contributed by atoms with van der Waals surface area (Å²) >= 11 is 0. The van der Waals surface area contributed by atoms with Gasteiger partial charge in [0.05, 0.1) is 22.3 Å². The Bertz CT molecular complexity index is 1790. The minimum absolute atomic E-state index is 0.866. The van der Waals surface area contributed by atoms with Gasteiger partial charge in [-0.2, -0.15) is 0 Å². The second-order valence-electron chi connectivity index (χ2n) is 10.7. The van der Waals surface area contributed by atoms with Crippen molar-refractivity contribution in [2.75, 3.05) is 0 Å². The Hall–Kier alpha value is -2.19. The fourth-order valence-electron chi connectivity index (χ4n) is 5.03. The Morgan fingerprint density at radius 2 is 0.622 bits per heavy atom. The summed E-state index contributed by atoms with van der Waals surface area (Å²) in [5.41, 5.74) is 11.3. The van der Waals surface area contributed by atoms with Crippen LogP contribution < -0.4 is 0 Å². The van der Waals surface area contributed by atoms with Crippen LogP contribution in [0.1, 0.15) is 11.1 Å². The van der Waals surface area contributed by atoms with Gasteiger partial charge in [0, 0.05) is 5.56 Å². The van der Waals surface area contributed by atoms with Crippen LogP contribution in [-0.4, -0.2) is 9.14 Å². The molecule has 0 saturated heterocycles. The first-order chi connectivity index (χ1) is 21.1. The third-order valence-corrected chi connectivity index (χ3v) is 6.97. The van der Waals surface area contributed by atoms with Crippen LogP contribution >= 0.6 is 53.0 Å². The molecule has 0 aliphatic rings. The second-order valence-corrected chi connectivity index (χ2v) is 67.6. The summed E-state index contributed by atoms with van der Waals surface area (Å²) in [6.45, 7) is 4.23. The minimum atomic E-state index is -5.42. The van der Waals surface area contributed by atoms with Gasteiger partial charge in [0.2, 0.25) is 0 Å². The molecule has 45 heavy (non-hydrogen) atoms. The van der Waals surface area contributed by atoms with Crippen LogP contribution in [0.4, 0.5) is 0 Å². The van der Waals surface area contributed by atoms with Gasteiger partial charge >= 0.3 is 73.6 Å². The van der Waals surface area contributed by atoms with E-state index in [-0.39, 0.29) is 0 Å². The Kier molecular flexibility index (Phi) is 9.97. The number of benzene rings is 5. The first kappa shape index (κ1) is 34.2. The molecular formula is C37H29Cl6OSb. The molecule has 6 rings (SSSR count). The maximum absolute atomic E-state index is 7.06. The molecule has 1 nitrogen and oxygen atoms in total. The fourth-order valence-corrected chi connectivity index (χ4v) is 5.03. The van der Waals surface area contributed by atoms with Crippen molar-refractivity contribution in [2.45, 2.75) is 13.8 Å².